The first-order valence-corrected chi connectivity index (χ1v) is 14.8. The number of nitriles is 1. The minimum Gasteiger partial charge on any atom is -0.494 e. The summed E-state index contributed by atoms with van der Waals surface area (Å²) in [4.78, 5) is 26.4. The van der Waals surface area contributed by atoms with Gasteiger partial charge in [-0.15, -0.1) is 0 Å². The van der Waals surface area contributed by atoms with Crippen LogP contribution >= 0.6 is 0 Å². The second-order valence-electron chi connectivity index (χ2n) is 10.8. The molecule has 5 heterocycles. The largest absolute Gasteiger partial charge is 0.494 e. The zero-order valence-corrected chi connectivity index (χ0v) is 25.5. The van der Waals surface area contributed by atoms with Gasteiger partial charge in [-0.2, -0.15) is 5.26 Å². The summed E-state index contributed by atoms with van der Waals surface area (Å²) in [5, 5.41) is 9.47. The lowest BCUT2D eigenvalue weighted by Crippen LogP contribution is -2.09. The summed E-state index contributed by atoms with van der Waals surface area (Å²) in [5.41, 5.74) is 8.24. The molecule has 1 fully saturated rings. The molecule has 2 aromatic carbocycles. The third-order valence-corrected chi connectivity index (χ3v) is 8.05. The normalized spacial score (nSPS) is 13.4. The molecular formula is C35H33N5O5. The van der Waals surface area contributed by atoms with Crippen molar-refractivity contribution in [2.45, 2.75) is 32.3 Å². The van der Waals surface area contributed by atoms with Gasteiger partial charge in [0.15, 0.2) is 0 Å². The van der Waals surface area contributed by atoms with Crippen LogP contribution in [-0.4, -0.2) is 52.9 Å². The van der Waals surface area contributed by atoms with Crippen LogP contribution in [-0.2, 0) is 42.4 Å². The van der Waals surface area contributed by atoms with E-state index in [9.17, 15) is 10.1 Å². The first-order chi connectivity index (χ1) is 22.0. The molecule has 3 aromatic heterocycles. The molecule has 45 heavy (non-hydrogen) atoms. The van der Waals surface area contributed by atoms with Gasteiger partial charge in [0.25, 0.3) is 0 Å². The van der Waals surface area contributed by atoms with Crippen molar-refractivity contribution in [1.29, 1.82) is 5.26 Å². The highest BCUT2D eigenvalue weighted by Gasteiger charge is 2.19. The number of fused-ring (bicyclic) bond motifs is 7. The molecule has 0 radical (unpaired) electrons. The number of ether oxygens (including phenoxy) is 4. The zero-order chi connectivity index (χ0) is 31.3. The number of aromatic nitrogens is 4. The van der Waals surface area contributed by atoms with Crippen molar-refractivity contribution >= 4 is 17.0 Å². The number of esters is 1. The number of carbonyl (C=O) groups is 1. The van der Waals surface area contributed by atoms with Crippen LogP contribution in [0, 0.1) is 11.3 Å². The molecule has 1 saturated heterocycles. The van der Waals surface area contributed by atoms with E-state index in [-0.39, 0.29) is 6.61 Å². The molecule has 2 aliphatic rings. The fourth-order valence-electron chi connectivity index (χ4n) is 5.37. The Morgan fingerprint density at radius 3 is 2.58 bits per heavy atom. The van der Waals surface area contributed by atoms with Crippen LogP contribution < -0.4 is 9.47 Å². The van der Waals surface area contributed by atoms with E-state index in [1.807, 2.05) is 35.9 Å². The zero-order valence-electron chi connectivity index (χ0n) is 25.5. The van der Waals surface area contributed by atoms with Crippen molar-refractivity contribution in [3.8, 4) is 29.0 Å². The average Bonchev–Trinajstić information content (AvgIpc) is 3.35. The number of imidazole rings is 1. The van der Waals surface area contributed by atoms with Gasteiger partial charge in [0, 0.05) is 44.5 Å². The molecule has 0 amide bonds. The molecule has 0 aliphatic carbocycles. The van der Waals surface area contributed by atoms with E-state index in [2.05, 4.69) is 29.3 Å². The van der Waals surface area contributed by atoms with Gasteiger partial charge in [-0.1, -0.05) is 18.2 Å². The van der Waals surface area contributed by atoms with Crippen LogP contribution in [0.25, 0.3) is 22.3 Å². The topological polar surface area (TPSA) is 121 Å². The summed E-state index contributed by atoms with van der Waals surface area (Å²) in [6.07, 6.45) is 4.84. The van der Waals surface area contributed by atoms with Crippen molar-refractivity contribution in [2.24, 2.45) is 7.05 Å². The standard InChI is InChI=1S/C32H27N5O4.C3H6O/c1-37-27-13-24(32(38)40-3)14-28(39-2)31(27)36-29(37)15-21-8-10-23-12-20(21)7-9-22-11-19(16-33)17-34-26(22)18-41-30-6-4-5-25(23)35-30;1-2-4-3-1/h4-6,8,10-14,17H,7,9,15,18H2,1-3H3;1-3H2. The van der Waals surface area contributed by atoms with Crippen LogP contribution in [0.2, 0.25) is 0 Å². The Kier molecular flexibility index (Phi) is 8.71. The van der Waals surface area contributed by atoms with Gasteiger partial charge >= 0.3 is 5.97 Å². The molecule has 0 atom stereocenters. The first-order valence-electron chi connectivity index (χ1n) is 14.8. The van der Waals surface area contributed by atoms with E-state index in [1.54, 1.807) is 25.4 Å². The lowest BCUT2D eigenvalue weighted by atomic mass is 9.94. The molecule has 0 N–H and O–H groups in total. The monoisotopic (exact) mass is 603 g/mol. The average molecular weight is 604 g/mol. The third-order valence-electron chi connectivity index (χ3n) is 8.05. The van der Waals surface area contributed by atoms with Crippen molar-refractivity contribution < 1.29 is 23.7 Å². The molecular weight excluding hydrogens is 570 g/mol. The molecule has 0 spiro atoms. The molecule has 2 aliphatic heterocycles. The van der Waals surface area contributed by atoms with Crippen LogP contribution in [0.3, 0.4) is 0 Å². The SMILES string of the molecule is C1COC1.COC(=O)c1cc(OC)c2nc(Cc3ccc4cc3CCc3cc(C#N)cnc3COc3cccc-4n3)n(C)c2c1. The van der Waals surface area contributed by atoms with Crippen LogP contribution in [0.4, 0.5) is 0 Å². The number of hydrogen-bond acceptors (Lipinski definition) is 9. The smallest absolute Gasteiger partial charge is 0.338 e. The minimum atomic E-state index is -0.434. The van der Waals surface area contributed by atoms with E-state index in [0.717, 1.165) is 64.6 Å². The summed E-state index contributed by atoms with van der Waals surface area (Å²) >= 11 is 0. The van der Waals surface area contributed by atoms with Crippen molar-refractivity contribution in [2.75, 3.05) is 27.4 Å². The van der Waals surface area contributed by atoms with Crippen LogP contribution in [0.1, 0.15) is 50.6 Å². The predicted molar refractivity (Wildman–Crippen MR) is 167 cm³/mol. The maximum Gasteiger partial charge on any atom is 0.338 e. The van der Waals surface area contributed by atoms with Crippen molar-refractivity contribution in [3.05, 3.63) is 100 Å². The summed E-state index contributed by atoms with van der Waals surface area (Å²) in [6.45, 7) is 2.27. The highest BCUT2D eigenvalue weighted by Crippen LogP contribution is 2.31. The number of hydrogen-bond donors (Lipinski definition) is 0. The van der Waals surface area contributed by atoms with Crippen LogP contribution in [0.15, 0.2) is 60.8 Å². The summed E-state index contributed by atoms with van der Waals surface area (Å²) in [5.74, 6) is 1.43. The second kappa shape index (κ2) is 13.2. The molecule has 10 nitrogen and oxygen atoms in total. The molecule has 4 bridgehead atoms. The lowest BCUT2D eigenvalue weighted by Gasteiger charge is -2.16. The molecule has 10 heteroatoms. The fraction of sp³-hybridized carbons (Fsp3) is 0.286. The number of rotatable bonds is 4. The van der Waals surface area contributed by atoms with Gasteiger partial charge < -0.3 is 23.5 Å². The van der Waals surface area contributed by atoms with Gasteiger partial charge in [-0.25, -0.2) is 14.8 Å². The Labute approximate surface area is 261 Å². The molecule has 5 aromatic rings. The van der Waals surface area contributed by atoms with Crippen molar-refractivity contribution in [1.82, 2.24) is 19.5 Å². The van der Waals surface area contributed by atoms with Gasteiger partial charge in [-0.05, 0) is 66.3 Å². The number of pyridine rings is 2. The quantitative estimate of drug-likeness (QED) is 0.250. The Hall–Kier alpha value is -5.27. The van der Waals surface area contributed by atoms with Crippen LogP contribution in [0.5, 0.6) is 11.6 Å². The van der Waals surface area contributed by atoms with Gasteiger partial charge in [0.2, 0.25) is 5.88 Å². The molecule has 228 valence electrons. The molecule has 7 rings (SSSR count). The number of benzene rings is 2. The number of aryl methyl sites for hydroxylation is 3. The van der Waals surface area contributed by atoms with E-state index >= 15 is 0 Å². The second-order valence-corrected chi connectivity index (χ2v) is 10.8. The van der Waals surface area contributed by atoms with E-state index in [0.29, 0.717) is 41.1 Å². The molecule has 0 unspecified atom stereocenters. The van der Waals surface area contributed by atoms with E-state index in [4.69, 9.17) is 28.9 Å². The first kappa shape index (κ1) is 29.8. The van der Waals surface area contributed by atoms with Gasteiger partial charge in [-0.3, -0.25) is 4.98 Å². The lowest BCUT2D eigenvalue weighted by molar-refractivity contribution is 0.0367. The Balaban J connectivity index is 0.000000828. The highest BCUT2D eigenvalue weighted by molar-refractivity contribution is 5.96. The van der Waals surface area contributed by atoms with Gasteiger partial charge in [0.05, 0.1) is 42.3 Å². The fourth-order valence-corrected chi connectivity index (χ4v) is 5.37. The van der Waals surface area contributed by atoms with Gasteiger partial charge in [0.1, 0.15) is 29.8 Å². The summed E-state index contributed by atoms with van der Waals surface area (Å²) in [7, 11) is 4.86. The molecule has 0 saturated carbocycles. The third kappa shape index (κ3) is 6.35. The minimum absolute atomic E-state index is 0.271. The van der Waals surface area contributed by atoms with E-state index < -0.39 is 5.97 Å². The maximum atomic E-state index is 12.3. The Morgan fingerprint density at radius 1 is 1.04 bits per heavy atom. The predicted octanol–water partition coefficient (Wildman–Crippen LogP) is 5.37. The number of carbonyl (C=O) groups excluding carboxylic acids is 1. The number of methoxy groups -OCH3 is 2. The highest BCUT2D eigenvalue weighted by atomic mass is 16.5. The van der Waals surface area contributed by atoms with Crippen molar-refractivity contribution in [3.63, 3.8) is 0 Å². The summed E-state index contributed by atoms with van der Waals surface area (Å²) < 4.78 is 23.2. The van der Waals surface area contributed by atoms with E-state index in [1.165, 1.54) is 13.5 Å². The Morgan fingerprint density at radius 2 is 1.84 bits per heavy atom. The maximum absolute atomic E-state index is 12.3. The Bertz CT molecular complexity index is 1920. The number of nitrogens with zero attached hydrogens (tertiary/aromatic N) is 5. The summed E-state index contributed by atoms with van der Waals surface area (Å²) in [6, 6.07) is 19.6.